The summed E-state index contributed by atoms with van der Waals surface area (Å²) >= 11 is 1.72. The molecule has 2 aliphatic rings. The molecule has 1 unspecified atom stereocenters. The molecule has 0 amide bonds. The van der Waals surface area contributed by atoms with Crippen LogP contribution < -0.4 is 10.1 Å². The third-order valence-corrected chi connectivity index (χ3v) is 4.93. The first-order chi connectivity index (χ1) is 9.90. The normalized spacial score (nSPS) is 20.7. The number of aromatic nitrogens is 2. The molecule has 1 aliphatic heterocycles. The van der Waals surface area contributed by atoms with Crippen LogP contribution in [0.25, 0.3) is 0 Å². The molecule has 1 aromatic carbocycles. The van der Waals surface area contributed by atoms with Crippen molar-refractivity contribution >= 4 is 11.3 Å². The summed E-state index contributed by atoms with van der Waals surface area (Å²) in [4.78, 5) is 0. The van der Waals surface area contributed by atoms with Gasteiger partial charge >= 0.3 is 0 Å². The zero-order chi connectivity index (χ0) is 13.4. The number of nitrogens with zero attached hydrogens (tertiary/aromatic N) is 2. The van der Waals surface area contributed by atoms with Crippen LogP contribution in [0.5, 0.6) is 5.75 Å². The summed E-state index contributed by atoms with van der Waals surface area (Å²) in [5, 5.41) is 14.4. The van der Waals surface area contributed by atoms with Crippen LogP contribution in [0.1, 0.15) is 34.3 Å². The van der Waals surface area contributed by atoms with Gasteiger partial charge in [0.25, 0.3) is 0 Å². The zero-order valence-electron chi connectivity index (χ0n) is 11.2. The minimum absolute atomic E-state index is 0.258. The highest BCUT2D eigenvalue weighted by molar-refractivity contribution is 7.11. The van der Waals surface area contributed by atoms with E-state index < -0.39 is 0 Å². The topological polar surface area (TPSA) is 47.0 Å². The van der Waals surface area contributed by atoms with Crippen LogP contribution in [-0.4, -0.2) is 29.4 Å². The predicted molar refractivity (Wildman–Crippen MR) is 78.4 cm³/mol. The minimum Gasteiger partial charge on any atom is -0.492 e. The van der Waals surface area contributed by atoms with Crippen LogP contribution in [0, 0.1) is 0 Å². The van der Waals surface area contributed by atoms with Crippen molar-refractivity contribution in [1.29, 1.82) is 0 Å². The molecule has 1 fully saturated rings. The van der Waals surface area contributed by atoms with E-state index in [4.69, 9.17) is 4.74 Å². The molecule has 0 bridgehead atoms. The summed E-state index contributed by atoms with van der Waals surface area (Å²) in [6.45, 7) is 1.70. The summed E-state index contributed by atoms with van der Waals surface area (Å²) < 4.78 is 5.72. The molecule has 1 N–H and O–H groups in total. The van der Waals surface area contributed by atoms with Gasteiger partial charge in [0, 0.05) is 24.6 Å². The fraction of sp³-hybridized carbons (Fsp3) is 0.467. The van der Waals surface area contributed by atoms with Crippen LogP contribution in [0.2, 0.25) is 0 Å². The summed E-state index contributed by atoms with van der Waals surface area (Å²) in [7, 11) is 0. The maximum Gasteiger partial charge on any atom is 0.128 e. The second-order valence-corrected chi connectivity index (χ2v) is 6.51. The smallest absolute Gasteiger partial charge is 0.128 e. The molecule has 104 valence electrons. The number of nitrogens with one attached hydrogen (secondary N) is 1. The van der Waals surface area contributed by atoms with Crippen molar-refractivity contribution in [3.8, 4) is 5.75 Å². The highest BCUT2D eigenvalue weighted by Gasteiger charge is 2.28. The van der Waals surface area contributed by atoms with Crippen molar-refractivity contribution in [3.05, 3.63) is 39.8 Å². The minimum atomic E-state index is 0.258. The molecular formula is C15H17N3OS. The Morgan fingerprint density at radius 3 is 3.05 bits per heavy atom. The van der Waals surface area contributed by atoms with Gasteiger partial charge in [0.05, 0.1) is 5.92 Å². The van der Waals surface area contributed by atoms with Gasteiger partial charge in [-0.1, -0.05) is 18.2 Å². The highest BCUT2D eigenvalue weighted by Crippen LogP contribution is 2.38. The number of hydrogen-bond donors (Lipinski definition) is 1. The third kappa shape index (κ3) is 2.43. The standard InChI is InChI=1S/C15H17N3OS/c1-2-4-13-11(3-1)12(9-19-13)15-18-17-14(20-15)7-8-16-10-5-6-10/h1-4,10,12,16H,5-9H2. The molecule has 0 radical (unpaired) electrons. The fourth-order valence-corrected chi connectivity index (χ4v) is 3.49. The molecule has 0 saturated heterocycles. The van der Waals surface area contributed by atoms with E-state index in [-0.39, 0.29) is 5.92 Å². The molecule has 1 aliphatic carbocycles. The lowest BCUT2D eigenvalue weighted by molar-refractivity contribution is 0.342. The molecule has 1 aromatic heterocycles. The van der Waals surface area contributed by atoms with Crippen LogP contribution in [0.3, 0.4) is 0 Å². The number of para-hydroxylation sites is 1. The second-order valence-electron chi connectivity index (χ2n) is 5.41. The first-order valence-electron chi connectivity index (χ1n) is 7.17. The maximum atomic E-state index is 5.72. The Morgan fingerprint density at radius 2 is 2.15 bits per heavy atom. The number of hydrogen-bond acceptors (Lipinski definition) is 5. The van der Waals surface area contributed by atoms with Gasteiger partial charge in [-0.05, 0) is 18.9 Å². The molecule has 1 saturated carbocycles. The van der Waals surface area contributed by atoms with Gasteiger partial charge in [-0.3, -0.25) is 0 Å². The van der Waals surface area contributed by atoms with Crippen LogP contribution in [0.4, 0.5) is 0 Å². The number of rotatable bonds is 5. The molecule has 4 nitrogen and oxygen atoms in total. The predicted octanol–water partition coefficient (Wildman–Crippen LogP) is 2.36. The average Bonchev–Trinajstić information content (AvgIpc) is 3.01. The summed E-state index contributed by atoms with van der Waals surface area (Å²) in [5.41, 5.74) is 1.24. The first-order valence-corrected chi connectivity index (χ1v) is 7.99. The third-order valence-electron chi connectivity index (χ3n) is 3.83. The Labute approximate surface area is 122 Å². The average molecular weight is 287 g/mol. The lowest BCUT2D eigenvalue weighted by atomic mass is 10.0. The molecule has 5 heteroatoms. The number of benzene rings is 1. The largest absolute Gasteiger partial charge is 0.492 e. The monoisotopic (exact) mass is 287 g/mol. The molecule has 4 rings (SSSR count). The van der Waals surface area contributed by atoms with E-state index in [1.54, 1.807) is 11.3 Å². The number of fused-ring (bicyclic) bond motifs is 1. The van der Waals surface area contributed by atoms with E-state index >= 15 is 0 Å². The second kappa shape index (κ2) is 5.14. The van der Waals surface area contributed by atoms with Gasteiger partial charge in [0.15, 0.2) is 0 Å². The van der Waals surface area contributed by atoms with Gasteiger partial charge in [-0.2, -0.15) is 0 Å². The Kier molecular flexibility index (Phi) is 3.16. The van der Waals surface area contributed by atoms with Crippen LogP contribution in [-0.2, 0) is 6.42 Å². The van der Waals surface area contributed by atoms with E-state index in [0.29, 0.717) is 6.61 Å². The number of ether oxygens (including phenoxy) is 1. The Balaban J connectivity index is 1.45. The lowest BCUT2D eigenvalue weighted by Gasteiger charge is -2.02. The van der Waals surface area contributed by atoms with Crippen molar-refractivity contribution in [2.45, 2.75) is 31.2 Å². The van der Waals surface area contributed by atoms with Crippen molar-refractivity contribution in [2.75, 3.05) is 13.2 Å². The van der Waals surface area contributed by atoms with E-state index in [9.17, 15) is 0 Å². The van der Waals surface area contributed by atoms with Crippen LogP contribution in [0.15, 0.2) is 24.3 Å². The van der Waals surface area contributed by atoms with E-state index in [1.165, 1.54) is 18.4 Å². The quantitative estimate of drug-likeness (QED) is 0.917. The highest BCUT2D eigenvalue weighted by atomic mass is 32.1. The van der Waals surface area contributed by atoms with Crippen molar-refractivity contribution in [3.63, 3.8) is 0 Å². The van der Waals surface area contributed by atoms with Gasteiger partial charge in [0.1, 0.15) is 22.4 Å². The Hall–Kier alpha value is -1.46. The maximum absolute atomic E-state index is 5.72. The van der Waals surface area contributed by atoms with Crippen molar-refractivity contribution < 1.29 is 4.74 Å². The summed E-state index contributed by atoms with van der Waals surface area (Å²) in [6.07, 6.45) is 3.64. The van der Waals surface area contributed by atoms with Crippen molar-refractivity contribution in [1.82, 2.24) is 15.5 Å². The van der Waals surface area contributed by atoms with E-state index in [1.807, 2.05) is 12.1 Å². The summed E-state index contributed by atoms with van der Waals surface area (Å²) in [5.74, 6) is 1.25. The Bertz CT molecular complexity index is 609. The fourth-order valence-electron chi connectivity index (χ4n) is 2.55. The first kappa shape index (κ1) is 12.3. The molecule has 1 atom stereocenters. The molecular weight excluding hydrogens is 270 g/mol. The van der Waals surface area contributed by atoms with Gasteiger partial charge in [-0.15, -0.1) is 21.5 Å². The Morgan fingerprint density at radius 1 is 1.25 bits per heavy atom. The van der Waals surface area contributed by atoms with Crippen LogP contribution >= 0.6 is 11.3 Å². The molecule has 0 spiro atoms. The van der Waals surface area contributed by atoms with E-state index in [2.05, 4.69) is 27.6 Å². The van der Waals surface area contributed by atoms with Crippen molar-refractivity contribution in [2.24, 2.45) is 0 Å². The lowest BCUT2D eigenvalue weighted by Crippen LogP contribution is -2.19. The van der Waals surface area contributed by atoms with Gasteiger partial charge in [0.2, 0.25) is 0 Å². The SMILES string of the molecule is c1ccc2c(c1)OCC2c1nnc(CCNC2CC2)s1. The molecule has 20 heavy (non-hydrogen) atoms. The van der Waals surface area contributed by atoms with Gasteiger partial charge < -0.3 is 10.1 Å². The molecule has 2 aromatic rings. The van der Waals surface area contributed by atoms with Gasteiger partial charge in [-0.25, -0.2) is 0 Å². The van der Waals surface area contributed by atoms with E-state index in [0.717, 1.165) is 34.8 Å². The zero-order valence-corrected chi connectivity index (χ0v) is 12.0. The summed E-state index contributed by atoms with van der Waals surface area (Å²) in [6, 6.07) is 8.98. The molecule has 2 heterocycles.